The lowest BCUT2D eigenvalue weighted by Gasteiger charge is -2.36. The molecule has 1 aliphatic heterocycles. The number of carbonyl (C=O) groups is 1. The van der Waals surface area contributed by atoms with Crippen LogP contribution in [0.5, 0.6) is 0 Å². The second-order valence-electron chi connectivity index (χ2n) is 8.05. The number of hydrogen-bond acceptors (Lipinski definition) is 5. The lowest BCUT2D eigenvalue weighted by atomic mass is 9.96. The molecule has 28 heavy (non-hydrogen) atoms. The van der Waals surface area contributed by atoms with Crippen molar-refractivity contribution in [1.29, 1.82) is 0 Å². The van der Waals surface area contributed by atoms with Crippen molar-refractivity contribution in [3.63, 3.8) is 0 Å². The summed E-state index contributed by atoms with van der Waals surface area (Å²) in [4.78, 5) is 20.6. The number of guanidine groups is 1. The zero-order valence-corrected chi connectivity index (χ0v) is 18.7. The molecule has 0 aromatic heterocycles. The maximum absolute atomic E-state index is 12.3. The quantitative estimate of drug-likeness (QED) is 0.473. The predicted molar refractivity (Wildman–Crippen MR) is 112 cm³/mol. The van der Waals surface area contributed by atoms with Crippen LogP contribution in [0.25, 0.3) is 0 Å². The Bertz CT molecular complexity index is 622. The van der Waals surface area contributed by atoms with E-state index in [9.17, 15) is 13.2 Å². The minimum atomic E-state index is -3.51. The number of nitrogens with zero attached hydrogens (tertiary/aromatic N) is 3. The van der Waals surface area contributed by atoms with Crippen molar-refractivity contribution >= 4 is 22.1 Å². The molecule has 0 saturated carbocycles. The number of amides is 1. The Morgan fingerprint density at radius 1 is 1.29 bits per heavy atom. The normalized spacial score (nSPS) is 16.8. The van der Waals surface area contributed by atoms with Gasteiger partial charge in [0.2, 0.25) is 10.0 Å². The smallest absolute Gasteiger partial charge is 0.410 e. The molecule has 0 atom stereocenters. The van der Waals surface area contributed by atoms with Crippen LogP contribution in [-0.2, 0) is 14.8 Å². The highest BCUT2D eigenvalue weighted by atomic mass is 32.2. The molecular formula is C18H37N5O4S. The molecular weight excluding hydrogens is 382 g/mol. The molecule has 3 N–H and O–H groups in total. The average Bonchev–Trinajstić information content (AvgIpc) is 2.57. The summed E-state index contributed by atoms with van der Waals surface area (Å²) in [6.07, 6.45) is 1.59. The van der Waals surface area contributed by atoms with Gasteiger partial charge in [-0.3, -0.25) is 4.99 Å². The highest BCUT2D eigenvalue weighted by molar-refractivity contribution is 7.89. The molecule has 1 saturated heterocycles. The van der Waals surface area contributed by atoms with Crippen LogP contribution in [0.3, 0.4) is 0 Å². The van der Waals surface area contributed by atoms with E-state index in [4.69, 9.17) is 9.88 Å². The minimum Gasteiger partial charge on any atom is -0.444 e. The van der Waals surface area contributed by atoms with Crippen LogP contribution in [0, 0.1) is 5.92 Å². The molecule has 1 fully saturated rings. The van der Waals surface area contributed by atoms with Crippen LogP contribution in [0.15, 0.2) is 4.99 Å². The van der Waals surface area contributed by atoms with Gasteiger partial charge < -0.3 is 19.9 Å². The fourth-order valence-electron chi connectivity index (χ4n) is 3.00. The summed E-state index contributed by atoms with van der Waals surface area (Å²) in [7, 11) is -3.51. The van der Waals surface area contributed by atoms with Gasteiger partial charge in [-0.1, -0.05) is 0 Å². The van der Waals surface area contributed by atoms with E-state index in [2.05, 4.69) is 15.2 Å². The zero-order valence-electron chi connectivity index (χ0n) is 17.9. The van der Waals surface area contributed by atoms with Crippen LogP contribution in [0.4, 0.5) is 4.79 Å². The van der Waals surface area contributed by atoms with Crippen molar-refractivity contribution in [2.75, 3.05) is 45.0 Å². The molecule has 0 spiro atoms. The highest BCUT2D eigenvalue weighted by Crippen LogP contribution is 2.20. The number of nitrogens with one attached hydrogen (secondary N) is 1. The Morgan fingerprint density at radius 2 is 1.89 bits per heavy atom. The molecule has 0 bridgehead atoms. The van der Waals surface area contributed by atoms with Crippen LogP contribution in [-0.4, -0.2) is 80.9 Å². The standard InChI is InChI=1S/C18H37N5O4S/c1-6-20-16(21-10-13-28(19,25)26)23-11-8-15(9-12-23)14-22(7-2)17(24)27-18(3,4)5/h15H,6-14H2,1-5H3,(H,20,21)(H2,19,25,26). The summed E-state index contributed by atoms with van der Waals surface area (Å²) in [5, 5.41) is 8.25. The van der Waals surface area contributed by atoms with Gasteiger partial charge in [-0.25, -0.2) is 18.4 Å². The minimum absolute atomic E-state index is 0.142. The number of sulfonamides is 1. The maximum atomic E-state index is 12.3. The number of primary sulfonamides is 1. The van der Waals surface area contributed by atoms with Crippen LogP contribution in [0.2, 0.25) is 0 Å². The van der Waals surface area contributed by atoms with Gasteiger partial charge in [0.1, 0.15) is 5.60 Å². The molecule has 0 radical (unpaired) electrons. The Labute approximate surface area is 169 Å². The Balaban J connectivity index is 2.59. The van der Waals surface area contributed by atoms with E-state index in [-0.39, 0.29) is 18.4 Å². The lowest BCUT2D eigenvalue weighted by molar-refractivity contribution is 0.0214. The van der Waals surface area contributed by atoms with Crippen molar-refractivity contribution in [3.8, 4) is 0 Å². The number of aliphatic imine (C=N–C) groups is 1. The fourth-order valence-corrected chi connectivity index (χ4v) is 3.35. The summed E-state index contributed by atoms with van der Waals surface area (Å²) in [6, 6.07) is 0. The first-order valence-electron chi connectivity index (χ1n) is 9.96. The van der Waals surface area contributed by atoms with Gasteiger partial charge in [-0.15, -0.1) is 0 Å². The van der Waals surface area contributed by atoms with Crippen molar-refractivity contribution < 1.29 is 17.9 Å². The topological polar surface area (TPSA) is 117 Å². The number of piperidine rings is 1. The molecule has 0 aliphatic carbocycles. The number of rotatable bonds is 7. The summed E-state index contributed by atoms with van der Waals surface area (Å²) in [5.41, 5.74) is -0.498. The largest absolute Gasteiger partial charge is 0.444 e. The van der Waals surface area contributed by atoms with Gasteiger partial charge in [-0.2, -0.15) is 0 Å². The van der Waals surface area contributed by atoms with Gasteiger partial charge >= 0.3 is 6.09 Å². The van der Waals surface area contributed by atoms with Gasteiger partial charge in [0.25, 0.3) is 0 Å². The predicted octanol–water partition coefficient (Wildman–Crippen LogP) is 1.21. The van der Waals surface area contributed by atoms with Crippen LogP contribution >= 0.6 is 0 Å². The van der Waals surface area contributed by atoms with Crippen LogP contribution in [0.1, 0.15) is 47.5 Å². The summed E-state index contributed by atoms with van der Waals surface area (Å²) >= 11 is 0. The molecule has 0 unspecified atom stereocenters. The number of ether oxygens (including phenoxy) is 1. The van der Waals surface area contributed by atoms with Gasteiger partial charge in [0.05, 0.1) is 12.3 Å². The van der Waals surface area contributed by atoms with E-state index in [1.54, 1.807) is 4.90 Å². The van der Waals surface area contributed by atoms with Crippen molar-refractivity contribution in [3.05, 3.63) is 0 Å². The number of hydrogen-bond donors (Lipinski definition) is 2. The molecule has 0 aromatic rings. The number of nitrogens with two attached hydrogens (primary N) is 1. The van der Waals surface area contributed by atoms with Crippen molar-refractivity contribution in [2.24, 2.45) is 16.0 Å². The number of likely N-dealkylation sites (tertiary alicyclic amines) is 1. The Kier molecular flexibility index (Phi) is 9.49. The van der Waals surface area contributed by atoms with E-state index < -0.39 is 15.6 Å². The van der Waals surface area contributed by atoms with Gasteiger partial charge in [-0.05, 0) is 53.4 Å². The van der Waals surface area contributed by atoms with Crippen LogP contribution < -0.4 is 10.5 Å². The first kappa shape index (κ1) is 24.5. The average molecular weight is 420 g/mol. The van der Waals surface area contributed by atoms with Gasteiger partial charge in [0.15, 0.2) is 5.96 Å². The first-order valence-corrected chi connectivity index (χ1v) is 11.7. The first-order chi connectivity index (χ1) is 12.9. The summed E-state index contributed by atoms with van der Waals surface area (Å²) < 4.78 is 27.7. The van der Waals surface area contributed by atoms with E-state index >= 15 is 0 Å². The number of carbonyl (C=O) groups excluding carboxylic acids is 1. The molecule has 1 rings (SSSR count). The molecule has 0 aromatic carbocycles. The Morgan fingerprint density at radius 3 is 2.36 bits per heavy atom. The van der Waals surface area contributed by atoms with Gasteiger partial charge in [0, 0.05) is 32.7 Å². The van der Waals surface area contributed by atoms with E-state index in [0.29, 0.717) is 31.5 Å². The lowest BCUT2D eigenvalue weighted by Crippen LogP contribution is -2.48. The monoisotopic (exact) mass is 419 g/mol. The second-order valence-corrected chi connectivity index (χ2v) is 9.79. The highest BCUT2D eigenvalue weighted by Gasteiger charge is 2.27. The molecule has 9 nitrogen and oxygen atoms in total. The van der Waals surface area contributed by atoms with E-state index in [1.807, 2.05) is 34.6 Å². The molecule has 10 heteroatoms. The molecule has 1 heterocycles. The zero-order chi connectivity index (χ0) is 21.4. The maximum Gasteiger partial charge on any atom is 0.410 e. The molecule has 1 aliphatic rings. The van der Waals surface area contributed by atoms with E-state index in [1.165, 1.54) is 0 Å². The summed E-state index contributed by atoms with van der Waals surface area (Å²) in [6.45, 7) is 13.3. The van der Waals surface area contributed by atoms with E-state index in [0.717, 1.165) is 25.9 Å². The van der Waals surface area contributed by atoms with Crippen molar-refractivity contribution in [2.45, 2.75) is 53.1 Å². The fraction of sp³-hybridized carbons (Fsp3) is 0.889. The Hall–Kier alpha value is -1.55. The van der Waals surface area contributed by atoms with Crippen molar-refractivity contribution in [1.82, 2.24) is 15.1 Å². The molecule has 164 valence electrons. The second kappa shape index (κ2) is 10.8. The third-order valence-corrected chi connectivity index (χ3v) is 5.15. The molecule has 1 amide bonds. The SMILES string of the molecule is CCNC(=NCCS(N)(=O)=O)N1CCC(CN(CC)C(=O)OC(C)(C)C)CC1. The third-order valence-electron chi connectivity index (χ3n) is 4.40. The summed E-state index contributed by atoms with van der Waals surface area (Å²) in [5.74, 6) is 0.944. The third kappa shape index (κ3) is 9.59.